The Bertz CT molecular complexity index is 1110. The van der Waals surface area contributed by atoms with E-state index in [2.05, 4.69) is 10.6 Å². The van der Waals surface area contributed by atoms with Gasteiger partial charge in [-0.25, -0.2) is 4.98 Å². The molecule has 4 rings (SSSR count). The monoisotopic (exact) mass is 469 g/mol. The van der Waals surface area contributed by atoms with E-state index in [4.69, 9.17) is 14.5 Å². The molecule has 1 heterocycles. The smallest absolute Gasteiger partial charge is 0.260 e. The molecule has 0 bridgehead atoms. The molecule has 2 N–H and O–H groups in total. The van der Waals surface area contributed by atoms with Crippen LogP contribution >= 0.6 is 23.1 Å². The lowest BCUT2D eigenvalue weighted by Gasteiger charge is -2.12. The molecule has 166 valence electrons. The van der Waals surface area contributed by atoms with Gasteiger partial charge in [-0.2, -0.15) is 0 Å². The van der Waals surface area contributed by atoms with E-state index in [9.17, 15) is 9.59 Å². The largest absolute Gasteiger partial charge is 0.493 e. The third-order valence-electron chi connectivity index (χ3n) is 4.80. The first-order valence-corrected chi connectivity index (χ1v) is 11.9. The summed E-state index contributed by atoms with van der Waals surface area (Å²) in [6.07, 6.45) is 2.10. The zero-order chi connectivity index (χ0) is 22.5. The van der Waals surface area contributed by atoms with Crippen molar-refractivity contribution in [1.29, 1.82) is 0 Å². The van der Waals surface area contributed by atoms with Crippen molar-refractivity contribution in [2.45, 2.75) is 23.2 Å². The molecule has 9 heteroatoms. The number of methoxy groups -OCH3 is 2. The summed E-state index contributed by atoms with van der Waals surface area (Å²) >= 11 is 2.71. The molecule has 0 saturated heterocycles. The molecule has 1 aliphatic rings. The minimum Gasteiger partial charge on any atom is -0.493 e. The summed E-state index contributed by atoms with van der Waals surface area (Å²) in [7, 11) is 3.03. The number of aromatic nitrogens is 1. The van der Waals surface area contributed by atoms with Gasteiger partial charge in [0.15, 0.2) is 15.8 Å². The van der Waals surface area contributed by atoms with Gasteiger partial charge in [-0.1, -0.05) is 59.5 Å². The molecular formula is C23H23N3O4S2. The molecule has 0 atom stereocenters. The second-order valence-corrected chi connectivity index (χ2v) is 9.37. The van der Waals surface area contributed by atoms with Crippen LogP contribution in [0.3, 0.4) is 0 Å². The van der Waals surface area contributed by atoms with Crippen LogP contribution in [0.1, 0.15) is 23.2 Å². The summed E-state index contributed by atoms with van der Waals surface area (Å²) in [4.78, 5) is 29.9. The van der Waals surface area contributed by atoms with Gasteiger partial charge in [0, 0.05) is 11.6 Å². The number of amides is 2. The van der Waals surface area contributed by atoms with Crippen molar-refractivity contribution in [3.8, 4) is 22.8 Å². The van der Waals surface area contributed by atoms with Crippen LogP contribution in [0, 0.1) is 0 Å². The van der Waals surface area contributed by atoms with E-state index in [0.29, 0.717) is 38.1 Å². The number of ether oxygens (including phenoxy) is 2. The number of thioether (sulfide) groups is 1. The maximum atomic E-state index is 13.1. The normalized spacial score (nSPS) is 12.8. The lowest BCUT2D eigenvalue weighted by Crippen LogP contribution is -2.26. The van der Waals surface area contributed by atoms with E-state index in [1.54, 1.807) is 18.2 Å². The second kappa shape index (κ2) is 10.1. The molecule has 0 spiro atoms. The highest BCUT2D eigenvalue weighted by Gasteiger charge is 2.24. The Kier molecular flexibility index (Phi) is 6.96. The topological polar surface area (TPSA) is 89.5 Å². The predicted molar refractivity (Wildman–Crippen MR) is 127 cm³/mol. The Balaban J connectivity index is 1.58. The Hall–Kier alpha value is -3.04. The Morgan fingerprint density at radius 1 is 1.09 bits per heavy atom. The quantitative estimate of drug-likeness (QED) is 0.450. The molecule has 0 unspecified atom stereocenters. The maximum Gasteiger partial charge on any atom is 0.260 e. The van der Waals surface area contributed by atoms with E-state index < -0.39 is 0 Å². The number of rotatable bonds is 9. The third kappa shape index (κ3) is 5.23. The number of carbonyl (C=O) groups excluding carboxylic acids is 2. The van der Waals surface area contributed by atoms with E-state index in [1.165, 1.54) is 37.3 Å². The number of benzene rings is 2. The highest BCUT2D eigenvalue weighted by molar-refractivity contribution is 8.01. The van der Waals surface area contributed by atoms with Gasteiger partial charge < -0.3 is 20.1 Å². The first-order valence-electron chi connectivity index (χ1n) is 10.1. The van der Waals surface area contributed by atoms with Gasteiger partial charge in [-0.3, -0.25) is 9.59 Å². The first-order chi connectivity index (χ1) is 15.6. The van der Waals surface area contributed by atoms with Crippen molar-refractivity contribution in [1.82, 2.24) is 10.3 Å². The van der Waals surface area contributed by atoms with Gasteiger partial charge in [0.1, 0.15) is 10.7 Å². The highest BCUT2D eigenvalue weighted by Crippen LogP contribution is 2.39. The van der Waals surface area contributed by atoms with Crippen LogP contribution < -0.4 is 20.1 Å². The fourth-order valence-electron chi connectivity index (χ4n) is 3.10. The summed E-state index contributed by atoms with van der Waals surface area (Å²) in [5.41, 5.74) is 1.90. The third-order valence-corrected chi connectivity index (χ3v) is 6.91. The van der Waals surface area contributed by atoms with E-state index >= 15 is 0 Å². The molecule has 1 saturated carbocycles. The van der Waals surface area contributed by atoms with Crippen molar-refractivity contribution in [3.63, 3.8) is 0 Å². The number of nitrogens with zero attached hydrogens (tertiary/aromatic N) is 1. The van der Waals surface area contributed by atoms with Crippen LogP contribution in [0.15, 0.2) is 52.9 Å². The number of nitrogens with one attached hydrogen (secondary N) is 2. The van der Waals surface area contributed by atoms with Crippen molar-refractivity contribution in [2.24, 2.45) is 0 Å². The summed E-state index contributed by atoms with van der Waals surface area (Å²) in [5, 5.41) is 6.55. The molecule has 1 aliphatic carbocycles. The van der Waals surface area contributed by atoms with Crippen LogP contribution in [0.25, 0.3) is 11.3 Å². The van der Waals surface area contributed by atoms with E-state index in [1.807, 2.05) is 30.3 Å². The number of thiazole rings is 1. The van der Waals surface area contributed by atoms with Gasteiger partial charge in [0.05, 0.1) is 25.5 Å². The van der Waals surface area contributed by atoms with Crippen molar-refractivity contribution < 1.29 is 19.1 Å². The number of hydrogen-bond donors (Lipinski definition) is 2. The van der Waals surface area contributed by atoms with Crippen LogP contribution in [0.2, 0.25) is 0 Å². The van der Waals surface area contributed by atoms with Crippen LogP contribution in [0.5, 0.6) is 11.5 Å². The number of anilines is 1. The van der Waals surface area contributed by atoms with Crippen molar-refractivity contribution >= 4 is 39.9 Å². The molecule has 3 aromatic rings. The first kappa shape index (κ1) is 22.2. The molecule has 1 fully saturated rings. The summed E-state index contributed by atoms with van der Waals surface area (Å²) in [6.45, 7) is 0. The summed E-state index contributed by atoms with van der Waals surface area (Å²) < 4.78 is 11.4. The van der Waals surface area contributed by atoms with Gasteiger partial charge in [0.25, 0.3) is 5.91 Å². The molecular weight excluding hydrogens is 446 g/mol. The maximum absolute atomic E-state index is 13.1. The van der Waals surface area contributed by atoms with Gasteiger partial charge in [0.2, 0.25) is 5.91 Å². The van der Waals surface area contributed by atoms with Crippen LogP contribution in [-0.2, 0) is 4.79 Å². The van der Waals surface area contributed by atoms with E-state index in [0.717, 1.165) is 18.4 Å². The number of hydrogen-bond acceptors (Lipinski definition) is 7. The van der Waals surface area contributed by atoms with Gasteiger partial charge in [-0.05, 0) is 25.0 Å². The summed E-state index contributed by atoms with van der Waals surface area (Å²) in [5.74, 6) is 0.801. The van der Waals surface area contributed by atoms with Gasteiger partial charge in [-0.15, -0.1) is 0 Å². The second-order valence-electron chi connectivity index (χ2n) is 7.15. The Morgan fingerprint density at radius 2 is 1.88 bits per heavy atom. The summed E-state index contributed by atoms with van der Waals surface area (Å²) in [6, 6.07) is 15.1. The zero-order valence-electron chi connectivity index (χ0n) is 17.7. The van der Waals surface area contributed by atoms with Crippen molar-refractivity contribution in [3.05, 3.63) is 54.1 Å². The highest BCUT2D eigenvalue weighted by atomic mass is 32.2. The molecule has 1 aromatic heterocycles. The lowest BCUT2D eigenvalue weighted by molar-refractivity contribution is -0.118. The van der Waals surface area contributed by atoms with Crippen LogP contribution in [-0.4, -0.2) is 42.8 Å². The average Bonchev–Trinajstić information content (AvgIpc) is 3.54. The fraction of sp³-hybridized carbons (Fsp3) is 0.261. The Morgan fingerprint density at radius 3 is 2.56 bits per heavy atom. The van der Waals surface area contributed by atoms with E-state index in [-0.39, 0.29) is 17.6 Å². The molecule has 2 amide bonds. The fourth-order valence-corrected chi connectivity index (χ4v) is 4.97. The number of para-hydroxylation sites is 1. The predicted octanol–water partition coefficient (Wildman–Crippen LogP) is 4.45. The van der Waals surface area contributed by atoms with Crippen molar-refractivity contribution in [2.75, 3.05) is 25.3 Å². The average molecular weight is 470 g/mol. The minimum atomic E-state index is -0.329. The molecule has 7 nitrogen and oxygen atoms in total. The lowest BCUT2D eigenvalue weighted by atomic mass is 10.1. The molecule has 2 aromatic carbocycles. The van der Waals surface area contributed by atoms with Gasteiger partial charge >= 0.3 is 0 Å². The molecule has 32 heavy (non-hydrogen) atoms. The number of carbonyl (C=O) groups is 2. The van der Waals surface area contributed by atoms with Crippen LogP contribution in [0.4, 0.5) is 5.00 Å². The molecule has 0 radical (unpaired) electrons. The SMILES string of the molecule is COc1cccc(C(=O)Nc2sc(SCC(=O)NC3CC3)nc2-c2ccccc2)c1OC. The Labute approximate surface area is 194 Å². The standard InChI is InChI=1S/C23H23N3O4S2/c1-29-17-10-6-9-16(20(17)30-2)21(28)26-22-19(14-7-4-3-5-8-14)25-23(32-22)31-13-18(27)24-15-11-12-15/h3-10,15H,11-13H2,1-2H3,(H,24,27)(H,26,28). The molecule has 0 aliphatic heterocycles. The minimum absolute atomic E-state index is 0.000614. The zero-order valence-corrected chi connectivity index (χ0v) is 19.3.